The van der Waals surface area contributed by atoms with Crippen LogP contribution in [0, 0.1) is 11.6 Å². The van der Waals surface area contributed by atoms with Crippen LogP contribution in [0.5, 0.6) is 0 Å². The highest BCUT2D eigenvalue weighted by Crippen LogP contribution is 2.59. The minimum absolute atomic E-state index is 0.252. The van der Waals surface area contributed by atoms with E-state index in [9.17, 15) is 8.78 Å². The number of epoxide rings is 1. The molecular weight excluding hydrogens is 428 g/mol. The molecule has 30 heavy (non-hydrogen) atoms. The van der Waals surface area contributed by atoms with Gasteiger partial charge in [-0.15, -0.1) is 0 Å². The summed E-state index contributed by atoms with van der Waals surface area (Å²) in [5.74, 6) is -0.352. The summed E-state index contributed by atoms with van der Waals surface area (Å²) in [7, 11) is 0. The topological polar surface area (TPSA) is 43.2 Å². The van der Waals surface area contributed by atoms with Crippen LogP contribution < -0.4 is 0 Å². The number of benzene rings is 2. The van der Waals surface area contributed by atoms with Crippen LogP contribution >= 0.6 is 23.4 Å². The third kappa shape index (κ3) is 4.24. The Balaban J connectivity index is 1.65. The van der Waals surface area contributed by atoms with E-state index in [1.165, 1.54) is 18.5 Å². The van der Waals surface area contributed by atoms with E-state index in [4.69, 9.17) is 16.3 Å². The number of nitrogens with zero attached hydrogens (tertiary/aromatic N) is 3. The van der Waals surface area contributed by atoms with Crippen molar-refractivity contribution in [2.24, 2.45) is 0 Å². The van der Waals surface area contributed by atoms with Crippen molar-refractivity contribution < 1.29 is 13.5 Å². The molecule has 0 radical (unpaired) electrons. The van der Waals surface area contributed by atoms with Gasteiger partial charge in [-0.25, -0.2) is 18.4 Å². The second kappa shape index (κ2) is 9.04. The molecule has 2 heterocycles. The maximum absolute atomic E-state index is 14.8. The van der Waals surface area contributed by atoms with Gasteiger partial charge in [-0.3, -0.25) is 0 Å². The predicted molar refractivity (Wildman–Crippen MR) is 114 cm³/mol. The highest BCUT2D eigenvalue weighted by Gasteiger charge is 2.61. The van der Waals surface area contributed by atoms with Crippen molar-refractivity contribution in [3.8, 4) is 0 Å². The standard InChI is InChI=1S/C22H22ClF2N3OS/c1-2-3-6-11-30-21-26-14-27-28(21)13-22(17-10-9-15(24)12-19(17)25)20(29-22)16-7-4-5-8-18(16)23/h4-5,7-10,12,14,20H,2-3,6,11,13H2,1H3/t20-,22-/m0/s1. The summed E-state index contributed by atoms with van der Waals surface area (Å²) >= 11 is 8.00. The van der Waals surface area contributed by atoms with Crippen molar-refractivity contribution >= 4 is 23.4 Å². The maximum Gasteiger partial charge on any atom is 0.186 e. The van der Waals surface area contributed by atoms with E-state index in [-0.39, 0.29) is 12.1 Å². The molecule has 0 saturated carbocycles. The van der Waals surface area contributed by atoms with E-state index in [0.29, 0.717) is 5.02 Å². The number of halogens is 3. The van der Waals surface area contributed by atoms with Crippen LogP contribution in [0.2, 0.25) is 5.02 Å². The molecule has 2 atom stereocenters. The monoisotopic (exact) mass is 449 g/mol. The summed E-state index contributed by atoms with van der Waals surface area (Å²) < 4.78 is 36.2. The van der Waals surface area contributed by atoms with Crippen molar-refractivity contribution in [3.05, 3.63) is 76.6 Å². The van der Waals surface area contributed by atoms with E-state index >= 15 is 0 Å². The number of rotatable bonds is 9. The Labute approximate surface area is 183 Å². The van der Waals surface area contributed by atoms with Gasteiger partial charge in [0.1, 0.15) is 29.7 Å². The molecule has 1 aromatic heterocycles. The number of hydrogen-bond acceptors (Lipinski definition) is 4. The maximum atomic E-state index is 14.8. The number of hydrogen-bond donors (Lipinski definition) is 0. The molecular formula is C22H22ClF2N3OS. The fourth-order valence-electron chi connectivity index (χ4n) is 3.63. The fourth-order valence-corrected chi connectivity index (χ4v) is 4.78. The first-order valence-corrected chi connectivity index (χ1v) is 11.3. The van der Waals surface area contributed by atoms with Gasteiger partial charge < -0.3 is 4.74 Å². The molecule has 8 heteroatoms. The second-order valence-electron chi connectivity index (χ2n) is 7.29. The number of ether oxygens (including phenoxy) is 1. The highest BCUT2D eigenvalue weighted by molar-refractivity contribution is 7.99. The Morgan fingerprint density at radius 1 is 1.20 bits per heavy atom. The zero-order chi connectivity index (χ0) is 21.1. The van der Waals surface area contributed by atoms with Gasteiger partial charge in [-0.05, 0) is 18.6 Å². The lowest BCUT2D eigenvalue weighted by molar-refractivity contribution is 0.250. The first kappa shape index (κ1) is 21.3. The third-order valence-corrected chi connectivity index (χ3v) is 6.62. The largest absolute Gasteiger partial charge is 0.354 e. The Morgan fingerprint density at radius 2 is 2.03 bits per heavy atom. The first-order chi connectivity index (χ1) is 14.5. The van der Waals surface area contributed by atoms with Crippen LogP contribution in [0.3, 0.4) is 0 Å². The van der Waals surface area contributed by atoms with Crippen molar-refractivity contribution in [1.29, 1.82) is 0 Å². The Hall–Kier alpha value is -1.96. The molecule has 0 bridgehead atoms. The normalized spacial score (nSPS) is 20.5. The molecule has 0 amide bonds. The van der Waals surface area contributed by atoms with Gasteiger partial charge in [0.05, 0.1) is 6.54 Å². The highest BCUT2D eigenvalue weighted by atomic mass is 35.5. The van der Waals surface area contributed by atoms with Gasteiger partial charge in [0.2, 0.25) is 0 Å². The summed E-state index contributed by atoms with van der Waals surface area (Å²) in [5.41, 5.74) is 0.0151. The number of thioether (sulfide) groups is 1. The lowest BCUT2D eigenvalue weighted by Gasteiger charge is -2.16. The zero-order valence-corrected chi connectivity index (χ0v) is 18.1. The Kier molecular flexibility index (Phi) is 6.41. The zero-order valence-electron chi connectivity index (χ0n) is 16.5. The molecule has 2 aromatic carbocycles. The van der Waals surface area contributed by atoms with E-state index in [1.54, 1.807) is 22.5 Å². The van der Waals surface area contributed by atoms with Crippen LogP contribution in [-0.4, -0.2) is 20.5 Å². The first-order valence-electron chi connectivity index (χ1n) is 9.93. The van der Waals surface area contributed by atoms with Gasteiger partial charge in [0, 0.05) is 28.0 Å². The van der Waals surface area contributed by atoms with Crippen LogP contribution in [0.1, 0.15) is 43.4 Å². The molecule has 1 aliphatic heterocycles. The number of unbranched alkanes of at least 4 members (excludes halogenated alkanes) is 2. The molecule has 0 N–H and O–H groups in total. The second-order valence-corrected chi connectivity index (χ2v) is 8.76. The molecule has 1 aliphatic rings. The van der Waals surface area contributed by atoms with E-state index in [0.717, 1.165) is 41.8 Å². The van der Waals surface area contributed by atoms with E-state index in [2.05, 4.69) is 17.0 Å². The third-order valence-electron chi connectivity index (χ3n) is 5.21. The van der Waals surface area contributed by atoms with Crippen LogP contribution in [0.25, 0.3) is 0 Å². The molecule has 0 spiro atoms. The van der Waals surface area contributed by atoms with Crippen molar-refractivity contribution in [2.75, 3.05) is 5.75 Å². The average molecular weight is 450 g/mol. The van der Waals surface area contributed by atoms with Gasteiger partial charge in [-0.2, -0.15) is 5.10 Å². The summed E-state index contributed by atoms with van der Waals surface area (Å²) in [5, 5.41) is 5.63. The molecule has 1 fully saturated rings. The predicted octanol–water partition coefficient (Wildman–Crippen LogP) is 6.16. The summed E-state index contributed by atoms with van der Waals surface area (Å²) in [6, 6.07) is 10.9. The quantitative estimate of drug-likeness (QED) is 0.223. The molecule has 4 rings (SSSR count). The summed E-state index contributed by atoms with van der Waals surface area (Å²) in [6.45, 7) is 2.41. The van der Waals surface area contributed by atoms with Crippen molar-refractivity contribution in [2.45, 2.75) is 49.6 Å². The van der Waals surface area contributed by atoms with E-state index in [1.807, 2.05) is 18.2 Å². The molecule has 0 aliphatic carbocycles. The van der Waals surface area contributed by atoms with E-state index < -0.39 is 23.3 Å². The lowest BCUT2D eigenvalue weighted by Crippen LogP contribution is -2.22. The minimum Gasteiger partial charge on any atom is -0.354 e. The summed E-state index contributed by atoms with van der Waals surface area (Å²) in [6.07, 6.45) is 4.42. The Bertz CT molecular complexity index is 1030. The van der Waals surface area contributed by atoms with Crippen molar-refractivity contribution in [1.82, 2.24) is 14.8 Å². The smallest absolute Gasteiger partial charge is 0.186 e. The van der Waals surface area contributed by atoms with Gasteiger partial charge >= 0.3 is 0 Å². The number of aromatic nitrogens is 3. The van der Waals surface area contributed by atoms with Gasteiger partial charge in [0.15, 0.2) is 5.16 Å². The van der Waals surface area contributed by atoms with Crippen LogP contribution in [0.4, 0.5) is 8.78 Å². The van der Waals surface area contributed by atoms with Crippen LogP contribution in [-0.2, 0) is 16.9 Å². The molecule has 0 unspecified atom stereocenters. The lowest BCUT2D eigenvalue weighted by atomic mass is 9.91. The van der Waals surface area contributed by atoms with Crippen molar-refractivity contribution in [3.63, 3.8) is 0 Å². The molecule has 4 nitrogen and oxygen atoms in total. The summed E-state index contributed by atoms with van der Waals surface area (Å²) in [4.78, 5) is 4.35. The van der Waals surface area contributed by atoms with Gasteiger partial charge in [0.25, 0.3) is 0 Å². The average Bonchev–Trinajstić information content (AvgIpc) is 3.26. The Morgan fingerprint density at radius 3 is 2.80 bits per heavy atom. The fraction of sp³-hybridized carbons (Fsp3) is 0.364. The van der Waals surface area contributed by atoms with Gasteiger partial charge in [-0.1, -0.05) is 67.4 Å². The molecule has 3 aromatic rings. The SMILES string of the molecule is CCCCCSc1ncnn1C[C@@]1(c2ccc(F)cc2F)O[C@H]1c1ccccc1Cl. The minimum atomic E-state index is -1.03. The van der Waals surface area contributed by atoms with Crippen LogP contribution in [0.15, 0.2) is 53.9 Å². The molecule has 1 saturated heterocycles. The molecule has 158 valence electrons.